The van der Waals surface area contributed by atoms with E-state index >= 15 is 0 Å². The van der Waals surface area contributed by atoms with Crippen LogP contribution in [0, 0.1) is 0 Å². The molecule has 2 amide bonds. The molecule has 0 radical (unpaired) electrons. The van der Waals surface area contributed by atoms with E-state index in [-0.39, 0.29) is 19.4 Å². The Labute approximate surface area is 119 Å². The molecule has 1 N–H and O–H groups in total. The molecule has 19 heavy (non-hydrogen) atoms. The molecule has 0 aliphatic heterocycles. The van der Waals surface area contributed by atoms with Crippen molar-refractivity contribution in [2.45, 2.75) is 19.8 Å². The van der Waals surface area contributed by atoms with Crippen LogP contribution in [0.4, 0.5) is 0 Å². The van der Waals surface area contributed by atoms with Crippen LogP contribution in [-0.2, 0) is 20.8 Å². The predicted octanol–water partition coefficient (Wildman–Crippen LogP) is 1.84. The van der Waals surface area contributed by atoms with Gasteiger partial charge in [0.15, 0.2) is 0 Å². The lowest BCUT2D eigenvalue weighted by Crippen LogP contribution is -2.37. The fourth-order valence-corrected chi connectivity index (χ4v) is 1.99. The minimum absolute atomic E-state index is 0.0562. The number of halogens is 1. The van der Waals surface area contributed by atoms with Crippen molar-refractivity contribution < 1.29 is 19.5 Å². The van der Waals surface area contributed by atoms with Gasteiger partial charge in [0.1, 0.15) is 0 Å². The summed E-state index contributed by atoms with van der Waals surface area (Å²) in [5.41, 5.74) is 0.758. The van der Waals surface area contributed by atoms with Gasteiger partial charge in [-0.25, -0.2) is 0 Å². The summed E-state index contributed by atoms with van der Waals surface area (Å²) in [5.74, 6) is -1.89. The van der Waals surface area contributed by atoms with Gasteiger partial charge in [0.25, 0.3) is 0 Å². The molecular weight excluding hydrogens is 314 g/mol. The maximum absolute atomic E-state index is 12.0. The Bertz CT molecular complexity index is 501. The molecule has 0 aliphatic rings. The SMILES string of the molecule is CC(=O)N(CCC(=O)O)C(=O)Cc1ccccc1Br. The highest BCUT2D eigenvalue weighted by Gasteiger charge is 2.19. The number of hydrogen-bond donors (Lipinski definition) is 1. The van der Waals surface area contributed by atoms with Crippen LogP contribution in [0.5, 0.6) is 0 Å². The van der Waals surface area contributed by atoms with E-state index in [1.165, 1.54) is 6.92 Å². The third-order valence-electron chi connectivity index (χ3n) is 2.53. The number of aliphatic carboxylic acids is 1. The second-order valence-electron chi connectivity index (χ2n) is 3.98. The molecule has 5 nitrogen and oxygen atoms in total. The smallest absolute Gasteiger partial charge is 0.305 e. The van der Waals surface area contributed by atoms with Gasteiger partial charge in [-0.1, -0.05) is 34.1 Å². The number of rotatable bonds is 5. The second kappa shape index (κ2) is 7.04. The van der Waals surface area contributed by atoms with E-state index in [9.17, 15) is 14.4 Å². The zero-order valence-corrected chi connectivity index (χ0v) is 12.0. The predicted molar refractivity (Wildman–Crippen MR) is 72.5 cm³/mol. The molecular formula is C13H14BrNO4. The van der Waals surface area contributed by atoms with E-state index in [4.69, 9.17) is 5.11 Å². The minimum atomic E-state index is -1.04. The maximum atomic E-state index is 12.0. The average Bonchev–Trinajstić information content (AvgIpc) is 2.31. The van der Waals surface area contributed by atoms with E-state index in [1.54, 1.807) is 18.2 Å². The molecule has 0 heterocycles. The summed E-state index contributed by atoms with van der Waals surface area (Å²) < 4.78 is 0.782. The van der Waals surface area contributed by atoms with E-state index in [1.807, 2.05) is 6.07 Å². The molecule has 0 fully saturated rings. The lowest BCUT2D eigenvalue weighted by molar-refractivity contribution is -0.144. The summed E-state index contributed by atoms with van der Waals surface area (Å²) in [6.45, 7) is 1.15. The minimum Gasteiger partial charge on any atom is -0.481 e. The Hall–Kier alpha value is -1.69. The average molecular weight is 328 g/mol. The number of carbonyl (C=O) groups excluding carboxylic acids is 2. The largest absolute Gasteiger partial charge is 0.481 e. The zero-order chi connectivity index (χ0) is 14.4. The lowest BCUT2D eigenvalue weighted by Gasteiger charge is -2.18. The first kappa shape index (κ1) is 15.4. The fraction of sp³-hybridized carbons (Fsp3) is 0.308. The van der Waals surface area contributed by atoms with Gasteiger partial charge in [-0.3, -0.25) is 19.3 Å². The summed E-state index contributed by atoms with van der Waals surface area (Å²) in [5, 5.41) is 8.60. The van der Waals surface area contributed by atoms with Crippen LogP contribution in [0.3, 0.4) is 0 Å². The van der Waals surface area contributed by atoms with Crippen molar-refractivity contribution in [2.24, 2.45) is 0 Å². The van der Waals surface area contributed by atoms with Gasteiger partial charge in [-0.15, -0.1) is 0 Å². The van der Waals surface area contributed by atoms with Gasteiger partial charge in [0.2, 0.25) is 11.8 Å². The van der Waals surface area contributed by atoms with Gasteiger partial charge >= 0.3 is 5.97 Å². The Morgan fingerprint density at radius 1 is 1.26 bits per heavy atom. The quantitative estimate of drug-likeness (QED) is 0.895. The van der Waals surface area contributed by atoms with Gasteiger partial charge in [0.05, 0.1) is 12.8 Å². The van der Waals surface area contributed by atoms with E-state index in [0.717, 1.165) is 14.9 Å². The van der Waals surface area contributed by atoms with E-state index < -0.39 is 17.8 Å². The van der Waals surface area contributed by atoms with Crippen LogP contribution in [0.2, 0.25) is 0 Å². The molecule has 1 aromatic rings. The Kier molecular flexibility index (Phi) is 5.69. The zero-order valence-electron chi connectivity index (χ0n) is 10.4. The first-order valence-electron chi connectivity index (χ1n) is 5.68. The Morgan fingerprint density at radius 3 is 2.42 bits per heavy atom. The molecule has 1 aromatic carbocycles. The monoisotopic (exact) mass is 327 g/mol. The number of carboxylic acid groups (broad SMARTS) is 1. The third kappa shape index (κ3) is 4.82. The highest BCUT2D eigenvalue weighted by Crippen LogP contribution is 2.17. The molecule has 0 bridgehead atoms. The van der Waals surface area contributed by atoms with Crippen molar-refractivity contribution in [3.8, 4) is 0 Å². The van der Waals surface area contributed by atoms with Gasteiger partial charge in [-0.2, -0.15) is 0 Å². The highest BCUT2D eigenvalue weighted by molar-refractivity contribution is 9.10. The van der Waals surface area contributed by atoms with Crippen LogP contribution >= 0.6 is 15.9 Å². The summed E-state index contributed by atoms with van der Waals surface area (Å²) >= 11 is 3.32. The van der Waals surface area contributed by atoms with Gasteiger partial charge in [-0.05, 0) is 11.6 Å². The third-order valence-corrected chi connectivity index (χ3v) is 3.30. The van der Waals surface area contributed by atoms with Crippen molar-refractivity contribution in [3.63, 3.8) is 0 Å². The molecule has 0 unspecified atom stereocenters. The number of benzene rings is 1. The summed E-state index contributed by atoms with van der Waals surface area (Å²) in [6.07, 6.45) is -0.193. The fourth-order valence-electron chi connectivity index (χ4n) is 1.57. The van der Waals surface area contributed by atoms with Gasteiger partial charge in [0, 0.05) is 17.9 Å². The molecule has 6 heteroatoms. The molecule has 0 saturated carbocycles. The molecule has 0 saturated heterocycles. The van der Waals surface area contributed by atoms with Crippen molar-refractivity contribution in [1.82, 2.24) is 4.90 Å². The number of nitrogens with zero attached hydrogens (tertiary/aromatic N) is 1. The number of amides is 2. The molecule has 0 atom stereocenters. The van der Waals surface area contributed by atoms with Crippen molar-refractivity contribution in [3.05, 3.63) is 34.3 Å². The summed E-state index contributed by atoms with van der Waals surface area (Å²) in [6, 6.07) is 7.20. The number of carboxylic acids is 1. The van der Waals surface area contributed by atoms with Gasteiger partial charge < -0.3 is 5.11 Å². The summed E-state index contributed by atoms with van der Waals surface area (Å²) in [4.78, 5) is 34.9. The van der Waals surface area contributed by atoms with E-state index in [2.05, 4.69) is 15.9 Å². The number of carbonyl (C=O) groups is 3. The van der Waals surface area contributed by atoms with Crippen LogP contribution in [0.25, 0.3) is 0 Å². The molecule has 0 spiro atoms. The topological polar surface area (TPSA) is 74.7 Å². The standard InChI is InChI=1S/C13H14BrNO4/c1-9(16)15(7-6-13(18)19)12(17)8-10-4-2-3-5-11(10)14/h2-5H,6-8H2,1H3,(H,18,19). The lowest BCUT2D eigenvalue weighted by atomic mass is 10.1. The first-order valence-corrected chi connectivity index (χ1v) is 6.47. The van der Waals surface area contributed by atoms with Crippen LogP contribution in [0.1, 0.15) is 18.9 Å². The Balaban J connectivity index is 2.75. The highest BCUT2D eigenvalue weighted by atomic mass is 79.9. The molecule has 0 aliphatic carbocycles. The van der Waals surface area contributed by atoms with Crippen molar-refractivity contribution in [1.29, 1.82) is 0 Å². The number of imide groups is 1. The van der Waals surface area contributed by atoms with Crippen LogP contribution in [0.15, 0.2) is 28.7 Å². The van der Waals surface area contributed by atoms with Crippen LogP contribution in [-0.4, -0.2) is 34.3 Å². The molecule has 1 rings (SSSR count). The maximum Gasteiger partial charge on any atom is 0.305 e. The Morgan fingerprint density at radius 2 is 1.89 bits per heavy atom. The van der Waals surface area contributed by atoms with Crippen molar-refractivity contribution in [2.75, 3.05) is 6.54 Å². The molecule has 102 valence electrons. The summed E-state index contributed by atoms with van der Waals surface area (Å²) in [7, 11) is 0. The first-order chi connectivity index (χ1) is 8.91. The van der Waals surface area contributed by atoms with Crippen LogP contribution < -0.4 is 0 Å². The van der Waals surface area contributed by atoms with E-state index in [0.29, 0.717) is 0 Å². The normalized spacial score (nSPS) is 10.0. The van der Waals surface area contributed by atoms with Crippen molar-refractivity contribution >= 4 is 33.7 Å². The number of hydrogen-bond acceptors (Lipinski definition) is 3. The second-order valence-corrected chi connectivity index (χ2v) is 4.83. The molecule has 0 aromatic heterocycles.